The molecule has 1 aromatic heterocycles. The second-order valence-corrected chi connectivity index (χ2v) is 9.01. The number of rotatable bonds is 7. The zero-order valence-corrected chi connectivity index (χ0v) is 18.0. The van der Waals surface area contributed by atoms with Gasteiger partial charge in [-0.25, -0.2) is 9.48 Å². The Balaban J connectivity index is 1.44. The van der Waals surface area contributed by atoms with Gasteiger partial charge in [0, 0.05) is 24.2 Å². The third-order valence-corrected chi connectivity index (χ3v) is 7.37. The summed E-state index contributed by atoms with van der Waals surface area (Å²) in [6.07, 6.45) is 0.0447. The predicted molar refractivity (Wildman–Crippen MR) is 114 cm³/mol. The number of carbonyl (C=O) groups excluding carboxylic acids is 2. The van der Waals surface area contributed by atoms with E-state index in [0.29, 0.717) is 33.5 Å². The summed E-state index contributed by atoms with van der Waals surface area (Å²) in [6, 6.07) is 6.25. The first kappa shape index (κ1) is 21.2. The van der Waals surface area contributed by atoms with E-state index in [-0.39, 0.29) is 18.0 Å². The molecular weight excluding hydrogens is 442 g/mol. The number of thioether (sulfide) groups is 2. The molecule has 1 aromatic carbocycles. The molecule has 13 heteroatoms. The molecule has 0 bridgehead atoms. The van der Waals surface area contributed by atoms with E-state index in [2.05, 4.69) is 20.8 Å². The number of β-lactam (4-membered cyclic amide) rings is 1. The third-order valence-electron chi connectivity index (χ3n) is 4.93. The zero-order chi connectivity index (χ0) is 22.1. The minimum Gasteiger partial charge on any atom is -0.477 e. The Morgan fingerprint density at radius 1 is 1.39 bits per heavy atom. The summed E-state index contributed by atoms with van der Waals surface area (Å²) in [4.78, 5) is 38.3. The van der Waals surface area contributed by atoms with Crippen LogP contribution in [0.4, 0.5) is 5.69 Å². The molecule has 0 radical (unpaired) electrons. The van der Waals surface area contributed by atoms with Crippen molar-refractivity contribution in [2.75, 3.05) is 17.2 Å². The Morgan fingerprint density at radius 2 is 2.16 bits per heavy atom. The maximum Gasteiger partial charge on any atom is 0.352 e. The lowest BCUT2D eigenvalue weighted by Gasteiger charge is -2.49. The molecule has 2 unspecified atom stereocenters. The minimum atomic E-state index is -1.17. The molecule has 4 rings (SSSR count). The molecule has 162 valence electrons. The van der Waals surface area contributed by atoms with E-state index in [1.54, 1.807) is 31.3 Å². The number of aryl methyl sites for hydroxylation is 1. The maximum atomic E-state index is 12.7. The highest BCUT2D eigenvalue weighted by Gasteiger charge is 2.54. The van der Waals surface area contributed by atoms with Crippen molar-refractivity contribution in [3.8, 4) is 0 Å². The van der Waals surface area contributed by atoms with Crippen LogP contribution < -0.4 is 11.1 Å². The van der Waals surface area contributed by atoms with E-state index < -0.39 is 23.3 Å². The Kier molecular flexibility index (Phi) is 5.87. The number of amides is 2. The number of fused-ring (bicyclic) bond motifs is 1. The number of nitrogens with zero attached hydrogens (tertiary/aromatic N) is 5. The molecule has 1 fully saturated rings. The van der Waals surface area contributed by atoms with Crippen molar-refractivity contribution in [3.05, 3.63) is 41.1 Å². The van der Waals surface area contributed by atoms with Gasteiger partial charge in [0.1, 0.15) is 17.1 Å². The van der Waals surface area contributed by atoms with E-state index >= 15 is 0 Å². The number of hydrogen-bond acceptors (Lipinski definition) is 9. The molecule has 3 heterocycles. The van der Waals surface area contributed by atoms with Crippen LogP contribution in [0.25, 0.3) is 0 Å². The van der Waals surface area contributed by atoms with Crippen molar-refractivity contribution in [2.24, 2.45) is 7.05 Å². The lowest BCUT2D eigenvalue weighted by molar-refractivity contribution is -0.150. The summed E-state index contributed by atoms with van der Waals surface area (Å²) < 4.78 is 1.49. The minimum absolute atomic E-state index is 0.0332. The quantitative estimate of drug-likeness (QED) is 0.288. The monoisotopic (exact) mass is 461 g/mol. The SMILES string of the molecule is Cn1nnnc1SCC1=C(C(=O)O)N2C(=O)C(NC(=O)Cc3ccccc3N)C2SC1. The zero-order valence-electron chi connectivity index (χ0n) is 16.4. The fourth-order valence-electron chi connectivity index (χ4n) is 3.38. The summed E-state index contributed by atoms with van der Waals surface area (Å²) >= 11 is 2.72. The van der Waals surface area contributed by atoms with Gasteiger partial charge in [0.05, 0.1) is 6.42 Å². The molecule has 11 nitrogen and oxygen atoms in total. The number of aliphatic carboxylic acids is 1. The normalized spacial score (nSPS) is 20.3. The van der Waals surface area contributed by atoms with Crippen molar-refractivity contribution in [1.29, 1.82) is 0 Å². The first-order valence-corrected chi connectivity index (χ1v) is 11.3. The lowest BCUT2D eigenvalue weighted by Crippen LogP contribution is -2.70. The van der Waals surface area contributed by atoms with E-state index in [0.717, 1.165) is 0 Å². The van der Waals surface area contributed by atoms with E-state index in [4.69, 9.17) is 5.73 Å². The number of nitrogen functional groups attached to an aromatic ring is 1. The van der Waals surface area contributed by atoms with Crippen LogP contribution in [-0.2, 0) is 27.9 Å². The molecule has 2 amide bonds. The number of tetrazole rings is 1. The van der Waals surface area contributed by atoms with Crippen molar-refractivity contribution < 1.29 is 19.5 Å². The summed E-state index contributed by atoms with van der Waals surface area (Å²) in [5.74, 6) is -1.19. The number of nitrogens with one attached hydrogen (secondary N) is 1. The predicted octanol–water partition coefficient (Wildman–Crippen LogP) is -0.134. The highest BCUT2D eigenvalue weighted by Crippen LogP contribution is 2.41. The van der Waals surface area contributed by atoms with Gasteiger partial charge in [-0.1, -0.05) is 30.0 Å². The number of hydrogen-bond donors (Lipinski definition) is 3. The van der Waals surface area contributed by atoms with Crippen LogP contribution in [0.15, 0.2) is 40.7 Å². The van der Waals surface area contributed by atoms with Gasteiger partial charge in [-0.15, -0.1) is 16.9 Å². The third kappa shape index (κ3) is 4.10. The number of carbonyl (C=O) groups is 3. The molecule has 1 saturated heterocycles. The van der Waals surface area contributed by atoms with E-state index in [1.165, 1.54) is 33.1 Å². The Bertz CT molecular complexity index is 1090. The first-order valence-electron chi connectivity index (χ1n) is 9.24. The lowest BCUT2D eigenvalue weighted by atomic mass is 10.0. The summed E-state index contributed by atoms with van der Waals surface area (Å²) in [6.45, 7) is 0. The Hall–Kier alpha value is -3.06. The molecule has 2 atom stereocenters. The van der Waals surface area contributed by atoms with Crippen LogP contribution in [0, 0.1) is 0 Å². The highest BCUT2D eigenvalue weighted by molar-refractivity contribution is 8.01. The fourth-order valence-corrected chi connectivity index (χ4v) is 5.72. The number of carboxylic acid groups (broad SMARTS) is 1. The van der Waals surface area contributed by atoms with Gasteiger partial charge in [0.2, 0.25) is 11.1 Å². The van der Waals surface area contributed by atoms with Gasteiger partial charge in [0.25, 0.3) is 5.91 Å². The molecule has 2 aliphatic heterocycles. The van der Waals surface area contributed by atoms with Gasteiger partial charge in [-0.05, 0) is 27.6 Å². The average Bonchev–Trinajstić information content (AvgIpc) is 3.16. The smallest absolute Gasteiger partial charge is 0.352 e. The van der Waals surface area contributed by atoms with Gasteiger partial charge in [-0.3, -0.25) is 14.5 Å². The standard InChI is InChI=1S/C18H19N7O4S2/c1-24-18(21-22-23-24)31-8-10-7-30-16-13(15(27)25(16)14(10)17(28)29)20-12(26)6-9-4-2-3-5-11(9)19/h2-5,13,16H,6-8,19H2,1H3,(H,20,26)(H,28,29). The van der Waals surface area contributed by atoms with Gasteiger partial charge in [0.15, 0.2) is 0 Å². The van der Waals surface area contributed by atoms with Crippen LogP contribution in [0.5, 0.6) is 0 Å². The van der Waals surface area contributed by atoms with Crippen LogP contribution >= 0.6 is 23.5 Å². The highest BCUT2D eigenvalue weighted by atomic mass is 32.2. The van der Waals surface area contributed by atoms with Crippen molar-refractivity contribution in [3.63, 3.8) is 0 Å². The van der Waals surface area contributed by atoms with Crippen molar-refractivity contribution >= 4 is 47.0 Å². The van der Waals surface area contributed by atoms with Gasteiger partial charge in [-0.2, -0.15) is 0 Å². The van der Waals surface area contributed by atoms with Crippen molar-refractivity contribution in [1.82, 2.24) is 30.4 Å². The molecule has 2 aliphatic rings. The molecule has 0 spiro atoms. The molecule has 0 saturated carbocycles. The molecule has 2 aromatic rings. The van der Waals surface area contributed by atoms with Crippen molar-refractivity contribution in [2.45, 2.75) is 23.0 Å². The average molecular weight is 462 g/mol. The number of nitrogens with two attached hydrogens (primary N) is 1. The van der Waals surface area contributed by atoms with E-state index in [1.807, 2.05) is 0 Å². The van der Waals surface area contributed by atoms with Crippen LogP contribution in [0.2, 0.25) is 0 Å². The van der Waals surface area contributed by atoms with Crippen LogP contribution in [-0.4, -0.2) is 70.9 Å². The number of carboxylic acids is 1. The summed E-state index contributed by atoms with van der Waals surface area (Å²) in [7, 11) is 1.69. The second-order valence-electron chi connectivity index (χ2n) is 6.96. The van der Waals surface area contributed by atoms with Gasteiger partial charge < -0.3 is 16.2 Å². The molecule has 4 N–H and O–H groups in total. The molecule has 0 aliphatic carbocycles. The second kappa shape index (κ2) is 8.59. The largest absolute Gasteiger partial charge is 0.477 e. The number of aromatic nitrogens is 4. The molecular formula is C18H19N7O4S2. The number of anilines is 1. The number of benzene rings is 1. The van der Waals surface area contributed by atoms with Crippen LogP contribution in [0.1, 0.15) is 5.56 Å². The maximum absolute atomic E-state index is 12.7. The summed E-state index contributed by atoms with van der Waals surface area (Å²) in [5.41, 5.74) is 7.62. The number of para-hydroxylation sites is 1. The first-order chi connectivity index (χ1) is 14.9. The summed E-state index contributed by atoms with van der Waals surface area (Å²) in [5, 5.41) is 23.7. The Labute approximate surface area is 185 Å². The van der Waals surface area contributed by atoms with E-state index in [9.17, 15) is 19.5 Å². The molecule has 31 heavy (non-hydrogen) atoms. The Morgan fingerprint density at radius 3 is 2.84 bits per heavy atom. The van der Waals surface area contributed by atoms with Crippen LogP contribution in [0.3, 0.4) is 0 Å². The van der Waals surface area contributed by atoms with Gasteiger partial charge >= 0.3 is 5.97 Å². The fraction of sp³-hybridized carbons (Fsp3) is 0.333. The topological polar surface area (TPSA) is 156 Å².